The molecular formula is C18H20ClN7S. The van der Waals surface area contributed by atoms with Gasteiger partial charge in [0.1, 0.15) is 22.2 Å². The van der Waals surface area contributed by atoms with Crippen molar-refractivity contribution < 1.29 is 0 Å². The van der Waals surface area contributed by atoms with Crippen LogP contribution >= 0.6 is 23.4 Å². The van der Waals surface area contributed by atoms with Gasteiger partial charge in [0.05, 0.1) is 11.2 Å². The number of rotatable bonds is 3. The molecule has 27 heavy (non-hydrogen) atoms. The van der Waals surface area contributed by atoms with Crippen LogP contribution in [0, 0.1) is 0 Å². The van der Waals surface area contributed by atoms with E-state index in [0.717, 1.165) is 40.6 Å². The van der Waals surface area contributed by atoms with Gasteiger partial charge >= 0.3 is 0 Å². The first-order chi connectivity index (χ1) is 13.0. The number of anilines is 2. The van der Waals surface area contributed by atoms with Crippen molar-refractivity contribution >= 4 is 46.2 Å². The van der Waals surface area contributed by atoms with Crippen molar-refractivity contribution in [1.82, 2.24) is 19.9 Å². The molecule has 1 saturated heterocycles. The molecule has 0 amide bonds. The lowest BCUT2D eigenvalue weighted by molar-refractivity contribution is 0.434. The summed E-state index contributed by atoms with van der Waals surface area (Å²) in [6.45, 7) is 2.99. The lowest BCUT2D eigenvalue weighted by Gasteiger charge is -2.37. The van der Waals surface area contributed by atoms with Crippen LogP contribution in [0.1, 0.15) is 19.8 Å². The Kier molecular flexibility index (Phi) is 5.03. The maximum Gasteiger partial charge on any atom is 0.179 e. The third-order valence-corrected chi connectivity index (χ3v) is 6.18. The molecule has 9 heteroatoms. The van der Waals surface area contributed by atoms with Gasteiger partial charge in [-0.3, -0.25) is 0 Å². The highest BCUT2D eigenvalue weighted by Gasteiger charge is 2.24. The number of nitrogen functional groups attached to an aromatic ring is 1. The Bertz CT molecular complexity index is 983. The highest BCUT2D eigenvalue weighted by molar-refractivity contribution is 7.99. The molecule has 0 aliphatic carbocycles. The van der Waals surface area contributed by atoms with Crippen molar-refractivity contribution in [2.75, 3.05) is 17.2 Å². The maximum absolute atomic E-state index is 6.21. The van der Waals surface area contributed by atoms with Crippen molar-refractivity contribution in [3.05, 3.63) is 35.6 Å². The molecule has 0 bridgehead atoms. The monoisotopic (exact) mass is 401 g/mol. The van der Waals surface area contributed by atoms with Crippen LogP contribution in [0.3, 0.4) is 0 Å². The van der Waals surface area contributed by atoms with E-state index in [1.807, 2.05) is 18.2 Å². The highest BCUT2D eigenvalue weighted by Crippen LogP contribution is 2.35. The van der Waals surface area contributed by atoms with E-state index in [9.17, 15) is 0 Å². The molecule has 0 aromatic carbocycles. The molecule has 4 heterocycles. The van der Waals surface area contributed by atoms with E-state index in [1.165, 1.54) is 11.8 Å². The van der Waals surface area contributed by atoms with E-state index in [1.54, 1.807) is 12.4 Å². The Hall–Kier alpha value is -2.16. The average Bonchev–Trinajstić information content (AvgIpc) is 2.67. The first kappa shape index (κ1) is 18.2. The van der Waals surface area contributed by atoms with Gasteiger partial charge in [0.25, 0.3) is 0 Å². The fourth-order valence-electron chi connectivity index (χ4n) is 3.16. The molecule has 0 unspecified atom stereocenters. The molecule has 0 radical (unpaired) electrons. The number of hydrogen-bond donors (Lipinski definition) is 2. The molecule has 1 fully saturated rings. The largest absolute Gasteiger partial charge is 0.382 e. The maximum atomic E-state index is 6.21. The third-order valence-electron chi connectivity index (χ3n) is 4.67. The lowest BCUT2D eigenvalue weighted by Crippen LogP contribution is -2.48. The number of pyridine rings is 2. The van der Waals surface area contributed by atoms with Gasteiger partial charge in [0.15, 0.2) is 5.65 Å². The molecule has 4 rings (SSSR count). The number of piperidine rings is 1. The Morgan fingerprint density at radius 1 is 1.19 bits per heavy atom. The van der Waals surface area contributed by atoms with Crippen LogP contribution < -0.4 is 16.4 Å². The van der Waals surface area contributed by atoms with Crippen LogP contribution in [0.4, 0.5) is 11.6 Å². The topological polar surface area (TPSA) is 107 Å². The predicted molar refractivity (Wildman–Crippen MR) is 109 cm³/mol. The van der Waals surface area contributed by atoms with Crippen molar-refractivity contribution in [3.8, 4) is 0 Å². The van der Waals surface area contributed by atoms with E-state index >= 15 is 0 Å². The zero-order chi connectivity index (χ0) is 19.0. The second-order valence-corrected chi connectivity index (χ2v) is 8.11. The number of hydrogen-bond acceptors (Lipinski definition) is 8. The SMILES string of the molecule is C[C@H]1CC[C@H](N)CN1c1cnc2nc(Sc3ccnc(N)c3Cl)ccc2n1. The number of fused-ring (bicyclic) bond motifs is 1. The number of nitrogens with two attached hydrogens (primary N) is 2. The number of halogens is 1. The zero-order valence-corrected chi connectivity index (χ0v) is 16.4. The van der Waals surface area contributed by atoms with Crippen molar-refractivity contribution in [1.29, 1.82) is 0 Å². The van der Waals surface area contributed by atoms with Crippen LogP contribution in [0.2, 0.25) is 5.02 Å². The van der Waals surface area contributed by atoms with Crippen LogP contribution in [-0.4, -0.2) is 38.6 Å². The van der Waals surface area contributed by atoms with E-state index in [0.29, 0.717) is 22.5 Å². The van der Waals surface area contributed by atoms with E-state index < -0.39 is 0 Å². The van der Waals surface area contributed by atoms with Gasteiger partial charge in [-0.1, -0.05) is 23.4 Å². The van der Waals surface area contributed by atoms with Gasteiger partial charge in [-0.25, -0.2) is 19.9 Å². The summed E-state index contributed by atoms with van der Waals surface area (Å²) >= 11 is 7.63. The Morgan fingerprint density at radius 3 is 2.89 bits per heavy atom. The minimum atomic E-state index is 0.174. The molecule has 3 aromatic rings. The minimum Gasteiger partial charge on any atom is -0.382 e. The summed E-state index contributed by atoms with van der Waals surface area (Å²) < 4.78 is 0. The van der Waals surface area contributed by atoms with E-state index in [-0.39, 0.29) is 6.04 Å². The summed E-state index contributed by atoms with van der Waals surface area (Å²) in [5.41, 5.74) is 13.2. The van der Waals surface area contributed by atoms with Crippen LogP contribution in [0.5, 0.6) is 0 Å². The Labute approximate surface area is 166 Å². The molecule has 2 atom stereocenters. The summed E-state index contributed by atoms with van der Waals surface area (Å²) in [7, 11) is 0. The quantitative estimate of drug-likeness (QED) is 0.689. The van der Waals surface area contributed by atoms with E-state index in [2.05, 4.69) is 26.8 Å². The van der Waals surface area contributed by atoms with Gasteiger partial charge < -0.3 is 16.4 Å². The molecule has 0 spiro atoms. The Morgan fingerprint density at radius 2 is 2.04 bits per heavy atom. The molecule has 4 N–H and O–H groups in total. The molecule has 3 aromatic heterocycles. The van der Waals surface area contributed by atoms with Crippen molar-refractivity contribution in [3.63, 3.8) is 0 Å². The predicted octanol–water partition coefficient (Wildman–Crippen LogP) is 3.12. The number of nitrogens with zero attached hydrogens (tertiary/aromatic N) is 5. The van der Waals surface area contributed by atoms with Gasteiger partial charge in [-0.15, -0.1) is 0 Å². The summed E-state index contributed by atoms with van der Waals surface area (Å²) in [5, 5.41) is 1.20. The average molecular weight is 402 g/mol. The molecule has 0 saturated carbocycles. The third kappa shape index (κ3) is 3.78. The fraction of sp³-hybridized carbons (Fsp3) is 0.333. The second-order valence-electron chi connectivity index (χ2n) is 6.67. The summed E-state index contributed by atoms with van der Waals surface area (Å²) in [4.78, 5) is 20.9. The van der Waals surface area contributed by atoms with Crippen molar-refractivity contribution in [2.45, 2.75) is 41.8 Å². The normalized spacial score (nSPS) is 20.2. The van der Waals surface area contributed by atoms with Gasteiger partial charge in [0.2, 0.25) is 0 Å². The molecule has 1 aliphatic rings. The smallest absolute Gasteiger partial charge is 0.179 e. The molecule has 7 nitrogen and oxygen atoms in total. The lowest BCUT2D eigenvalue weighted by atomic mass is 10.0. The standard InChI is InChI=1S/C18H20ClN7S/c1-10-2-3-11(20)9-26(10)14-8-23-18-12(24-14)4-5-15(25-18)27-13-6-7-22-17(21)16(13)19/h4-8,10-11H,2-3,9,20H2,1H3,(H2,21,22)/t10-,11-/m0/s1. The first-order valence-corrected chi connectivity index (χ1v) is 9.94. The van der Waals surface area contributed by atoms with Gasteiger partial charge in [-0.05, 0) is 38.0 Å². The first-order valence-electron chi connectivity index (χ1n) is 8.75. The molecule has 140 valence electrons. The van der Waals surface area contributed by atoms with Crippen LogP contribution in [-0.2, 0) is 0 Å². The zero-order valence-electron chi connectivity index (χ0n) is 14.8. The number of aromatic nitrogens is 4. The van der Waals surface area contributed by atoms with E-state index in [4.69, 9.17) is 28.1 Å². The van der Waals surface area contributed by atoms with Crippen LogP contribution in [0.25, 0.3) is 11.2 Å². The van der Waals surface area contributed by atoms with Crippen molar-refractivity contribution in [2.24, 2.45) is 5.73 Å². The van der Waals surface area contributed by atoms with Crippen LogP contribution in [0.15, 0.2) is 40.5 Å². The second kappa shape index (κ2) is 7.46. The van der Waals surface area contributed by atoms with Gasteiger partial charge in [0, 0.05) is 29.7 Å². The van der Waals surface area contributed by atoms with Gasteiger partial charge in [-0.2, -0.15) is 0 Å². The molecular weight excluding hydrogens is 382 g/mol. The molecule has 1 aliphatic heterocycles. The summed E-state index contributed by atoms with van der Waals surface area (Å²) in [6, 6.07) is 6.22. The summed E-state index contributed by atoms with van der Waals surface area (Å²) in [5.74, 6) is 1.15. The fourth-order valence-corrected chi connectivity index (χ4v) is 4.20. The highest BCUT2D eigenvalue weighted by atomic mass is 35.5. The Balaban J connectivity index is 1.61. The minimum absolute atomic E-state index is 0.174. The summed E-state index contributed by atoms with van der Waals surface area (Å²) in [6.07, 6.45) is 5.50.